The fourth-order valence-corrected chi connectivity index (χ4v) is 1.99. The van der Waals surface area contributed by atoms with Crippen molar-refractivity contribution in [1.82, 2.24) is 4.98 Å². The summed E-state index contributed by atoms with van der Waals surface area (Å²) in [5.41, 5.74) is 2.08. The zero-order valence-electron chi connectivity index (χ0n) is 10.6. The van der Waals surface area contributed by atoms with Gasteiger partial charge in [-0.15, -0.1) is 11.6 Å². The maximum atomic E-state index is 10.6. The van der Waals surface area contributed by atoms with Gasteiger partial charge in [0.1, 0.15) is 0 Å². The molecule has 0 amide bonds. The van der Waals surface area contributed by atoms with Crippen LogP contribution in [0.3, 0.4) is 0 Å². The largest absolute Gasteiger partial charge is 0.386 e. The Labute approximate surface area is 121 Å². The lowest BCUT2D eigenvalue weighted by atomic mass is 10.0. The second-order valence-electron chi connectivity index (χ2n) is 4.33. The van der Waals surface area contributed by atoms with Gasteiger partial charge in [-0.3, -0.25) is 15.1 Å². The molecule has 5 nitrogen and oxygen atoms in total. The first kappa shape index (κ1) is 14.4. The van der Waals surface area contributed by atoms with Crippen LogP contribution in [0.2, 0.25) is 0 Å². The first-order valence-electron chi connectivity index (χ1n) is 6.03. The first-order valence-corrected chi connectivity index (χ1v) is 6.57. The Kier molecular flexibility index (Phi) is 4.65. The van der Waals surface area contributed by atoms with Crippen molar-refractivity contribution in [2.45, 2.75) is 18.4 Å². The highest BCUT2D eigenvalue weighted by molar-refractivity contribution is 6.16. The molecule has 2 aromatic rings. The van der Waals surface area contributed by atoms with Crippen LogP contribution in [0.1, 0.15) is 23.1 Å². The van der Waals surface area contributed by atoms with Gasteiger partial charge in [0.05, 0.1) is 28.3 Å². The number of non-ortho nitro benzene ring substituents is 1. The van der Waals surface area contributed by atoms with Crippen LogP contribution in [-0.2, 0) is 12.3 Å². The Bertz CT molecular complexity index is 602. The SMILES string of the molecule is O=[N+]([O-])c1ccc(CC(O)c2cccc(CCl)n2)cc1. The van der Waals surface area contributed by atoms with Gasteiger partial charge in [0.2, 0.25) is 0 Å². The Balaban J connectivity index is 2.10. The van der Waals surface area contributed by atoms with Crippen molar-refractivity contribution < 1.29 is 10.0 Å². The molecule has 1 aromatic carbocycles. The van der Waals surface area contributed by atoms with E-state index < -0.39 is 11.0 Å². The van der Waals surface area contributed by atoms with E-state index >= 15 is 0 Å². The molecule has 0 saturated carbocycles. The number of nitrogens with zero attached hydrogens (tertiary/aromatic N) is 2. The van der Waals surface area contributed by atoms with Gasteiger partial charge in [0.25, 0.3) is 5.69 Å². The number of nitro groups is 1. The van der Waals surface area contributed by atoms with Crippen molar-refractivity contribution in [3.05, 3.63) is 69.5 Å². The molecule has 0 radical (unpaired) electrons. The molecule has 20 heavy (non-hydrogen) atoms. The molecule has 1 unspecified atom stereocenters. The number of rotatable bonds is 5. The van der Waals surface area contributed by atoms with E-state index in [0.717, 1.165) is 5.56 Å². The molecule has 0 fully saturated rings. The summed E-state index contributed by atoms with van der Waals surface area (Å²) in [5.74, 6) is 0.290. The van der Waals surface area contributed by atoms with Crippen molar-refractivity contribution in [2.75, 3.05) is 0 Å². The van der Waals surface area contributed by atoms with Crippen molar-refractivity contribution in [3.8, 4) is 0 Å². The normalized spacial score (nSPS) is 12.1. The number of hydrogen-bond donors (Lipinski definition) is 1. The third kappa shape index (κ3) is 3.53. The predicted octanol–water partition coefficient (Wildman–Crippen LogP) is 3.00. The molecule has 6 heteroatoms. The minimum Gasteiger partial charge on any atom is -0.386 e. The van der Waals surface area contributed by atoms with E-state index in [1.165, 1.54) is 12.1 Å². The molecule has 1 N–H and O–H groups in total. The van der Waals surface area contributed by atoms with Crippen LogP contribution >= 0.6 is 11.6 Å². The van der Waals surface area contributed by atoms with Crippen LogP contribution in [0.4, 0.5) is 5.69 Å². The third-order valence-electron chi connectivity index (χ3n) is 2.88. The van der Waals surface area contributed by atoms with Gasteiger partial charge >= 0.3 is 0 Å². The van der Waals surface area contributed by atoms with E-state index in [9.17, 15) is 15.2 Å². The number of hydrogen-bond acceptors (Lipinski definition) is 4. The molecule has 104 valence electrons. The van der Waals surface area contributed by atoms with Gasteiger partial charge in [0, 0.05) is 18.6 Å². The zero-order chi connectivity index (χ0) is 14.5. The van der Waals surface area contributed by atoms with Gasteiger partial charge < -0.3 is 5.11 Å². The van der Waals surface area contributed by atoms with E-state index in [-0.39, 0.29) is 11.6 Å². The van der Waals surface area contributed by atoms with E-state index in [4.69, 9.17) is 11.6 Å². The Morgan fingerprint density at radius 1 is 1.25 bits per heavy atom. The van der Waals surface area contributed by atoms with Crippen molar-refractivity contribution in [2.24, 2.45) is 0 Å². The highest BCUT2D eigenvalue weighted by Gasteiger charge is 2.12. The average molecular weight is 293 g/mol. The maximum Gasteiger partial charge on any atom is 0.269 e. The van der Waals surface area contributed by atoms with E-state index in [2.05, 4.69) is 4.98 Å². The minimum absolute atomic E-state index is 0.0329. The molecule has 0 spiro atoms. The summed E-state index contributed by atoms with van der Waals surface area (Å²) in [6.07, 6.45) is -0.420. The molecular weight excluding hydrogens is 280 g/mol. The van der Waals surface area contributed by atoms with Gasteiger partial charge in [-0.25, -0.2) is 0 Å². The average Bonchev–Trinajstić information content (AvgIpc) is 2.47. The van der Waals surface area contributed by atoms with E-state index in [1.807, 2.05) is 0 Å². The molecule has 0 saturated heterocycles. The molecule has 0 aliphatic carbocycles. The number of pyridine rings is 1. The van der Waals surface area contributed by atoms with Gasteiger partial charge in [0.15, 0.2) is 0 Å². The van der Waals surface area contributed by atoms with Crippen molar-refractivity contribution in [3.63, 3.8) is 0 Å². The highest BCUT2D eigenvalue weighted by Crippen LogP contribution is 2.19. The van der Waals surface area contributed by atoms with Crippen LogP contribution in [-0.4, -0.2) is 15.0 Å². The molecule has 1 heterocycles. The standard InChI is InChI=1S/C14H13ClN2O3/c15-9-11-2-1-3-13(16-11)14(18)8-10-4-6-12(7-5-10)17(19)20/h1-7,14,18H,8-9H2. The summed E-state index contributed by atoms with van der Waals surface area (Å²) in [6, 6.07) is 11.4. The van der Waals surface area contributed by atoms with Crippen LogP contribution in [0, 0.1) is 10.1 Å². The second kappa shape index (κ2) is 6.45. The summed E-state index contributed by atoms with van der Waals surface area (Å²) >= 11 is 5.70. The minimum atomic E-state index is -0.764. The van der Waals surface area contributed by atoms with Crippen LogP contribution in [0.15, 0.2) is 42.5 Å². The Hall–Kier alpha value is -1.98. The lowest BCUT2D eigenvalue weighted by Gasteiger charge is -2.11. The molecule has 1 atom stereocenters. The number of halogens is 1. The summed E-state index contributed by atoms with van der Waals surface area (Å²) in [5, 5.41) is 20.7. The van der Waals surface area contributed by atoms with Crippen LogP contribution < -0.4 is 0 Å². The zero-order valence-corrected chi connectivity index (χ0v) is 11.3. The Morgan fingerprint density at radius 2 is 1.95 bits per heavy atom. The van der Waals surface area contributed by atoms with Crippen molar-refractivity contribution >= 4 is 17.3 Å². The fourth-order valence-electron chi connectivity index (χ4n) is 1.84. The monoisotopic (exact) mass is 292 g/mol. The topological polar surface area (TPSA) is 76.3 Å². The van der Waals surface area contributed by atoms with E-state index in [0.29, 0.717) is 17.8 Å². The summed E-state index contributed by atoms with van der Waals surface area (Å²) in [6.45, 7) is 0. The summed E-state index contributed by atoms with van der Waals surface area (Å²) < 4.78 is 0. The number of aliphatic hydroxyl groups excluding tert-OH is 1. The predicted molar refractivity (Wildman–Crippen MR) is 75.6 cm³/mol. The number of alkyl halides is 1. The molecule has 0 aliphatic heterocycles. The highest BCUT2D eigenvalue weighted by atomic mass is 35.5. The van der Waals surface area contributed by atoms with Crippen LogP contribution in [0.25, 0.3) is 0 Å². The summed E-state index contributed by atoms with van der Waals surface area (Å²) in [4.78, 5) is 14.4. The number of nitro benzene ring substituents is 1. The lowest BCUT2D eigenvalue weighted by Crippen LogP contribution is -2.05. The lowest BCUT2D eigenvalue weighted by molar-refractivity contribution is -0.384. The first-order chi connectivity index (χ1) is 9.60. The van der Waals surface area contributed by atoms with Gasteiger partial charge in [-0.2, -0.15) is 0 Å². The van der Waals surface area contributed by atoms with Crippen molar-refractivity contribution in [1.29, 1.82) is 0 Å². The Morgan fingerprint density at radius 3 is 2.55 bits per heavy atom. The fraction of sp³-hybridized carbons (Fsp3) is 0.214. The molecule has 0 bridgehead atoms. The number of benzene rings is 1. The second-order valence-corrected chi connectivity index (χ2v) is 4.60. The third-order valence-corrected chi connectivity index (χ3v) is 3.16. The maximum absolute atomic E-state index is 10.6. The number of aliphatic hydroxyl groups is 1. The molecule has 2 rings (SSSR count). The summed E-state index contributed by atoms with van der Waals surface area (Å²) in [7, 11) is 0. The van der Waals surface area contributed by atoms with Gasteiger partial charge in [-0.05, 0) is 17.7 Å². The smallest absolute Gasteiger partial charge is 0.269 e. The van der Waals surface area contributed by atoms with Crippen LogP contribution in [0.5, 0.6) is 0 Å². The molecule has 1 aromatic heterocycles. The van der Waals surface area contributed by atoms with Gasteiger partial charge in [-0.1, -0.05) is 18.2 Å². The molecular formula is C14H13ClN2O3. The quantitative estimate of drug-likeness (QED) is 0.522. The molecule has 0 aliphatic rings. The van der Waals surface area contributed by atoms with E-state index in [1.54, 1.807) is 30.3 Å². The number of aromatic nitrogens is 1.